The van der Waals surface area contributed by atoms with E-state index in [0.717, 1.165) is 31.4 Å². The molecule has 2 aliphatic heterocycles. The maximum atomic E-state index is 14.8. The van der Waals surface area contributed by atoms with Gasteiger partial charge < -0.3 is 15.1 Å². The maximum absolute atomic E-state index is 14.8. The van der Waals surface area contributed by atoms with E-state index in [1.54, 1.807) is 11.9 Å². The fraction of sp³-hybridized carbons (Fsp3) is 0.500. The summed E-state index contributed by atoms with van der Waals surface area (Å²) >= 11 is 0. The first-order chi connectivity index (χ1) is 15.0. The summed E-state index contributed by atoms with van der Waals surface area (Å²) in [6.45, 7) is 4.20. The first kappa shape index (κ1) is 20.1. The minimum absolute atomic E-state index is 0.00200. The van der Waals surface area contributed by atoms with Crippen molar-refractivity contribution in [1.29, 1.82) is 0 Å². The lowest BCUT2D eigenvalue weighted by Crippen LogP contribution is -2.49. The zero-order chi connectivity index (χ0) is 21.5. The highest BCUT2D eigenvalue weighted by Gasteiger charge is 2.40. The summed E-state index contributed by atoms with van der Waals surface area (Å²) < 4.78 is 14.8. The van der Waals surface area contributed by atoms with Crippen molar-refractivity contribution in [3.8, 4) is 0 Å². The summed E-state index contributed by atoms with van der Waals surface area (Å²) in [4.78, 5) is 24.8. The van der Waals surface area contributed by atoms with E-state index in [2.05, 4.69) is 31.0 Å². The zero-order valence-corrected chi connectivity index (χ0v) is 17.9. The number of aromatic nitrogens is 2. The third-order valence-corrected chi connectivity index (χ3v) is 6.74. The number of carbonyl (C=O) groups is 1. The van der Waals surface area contributed by atoms with Crippen molar-refractivity contribution in [3.63, 3.8) is 0 Å². The number of nitrogens with zero attached hydrogens (tertiary/aromatic N) is 4. The van der Waals surface area contributed by atoms with E-state index in [0.29, 0.717) is 48.1 Å². The van der Waals surface area contributed by atoms with Gasteiger partial charge >= 0.3 is 0 Å². The van der Waals surface area contributed by atoms with Crippen LogP contribution in [0, 0.1) is 11.7 Å². The molecule has 1 saturated carbocycles. The van der Waals surface area contributed by atoms with E-state index in [1.807, 2.05) is 25.1 Å². The first-order valence-electron chi connectivity index (χ1n) is 11.0. The van der Waals surface area contributed by atoms with Crippen LogP contribution in [0.3, 0.4) is 0 Å². The number of rotatable bonds is 5. The minimum atomic E-state index is -0.417. The molecular formula is C22H28FN7O. The third-order valence-electron chi connectivity index (χ3n) is 6.74. The largest absolute Gasteiger partial charge is 0.351 e. The Bertz CT molecular complexity index is 1000. The number of nitrogens with one attached hydrogen (secondary N) is 3. The predicted molar refractivity (Wildman–Crippen MR) is 117 cm³/mol. The van der Waals surface area contributed by atoms with Crippen LogP contribution in [-0.2, 0) is 6.54 Å². The van der Waals surface area contributed by atoms with Gasteiger partial charge in [-0.25, -0.2) is 9.37 Å². The Kier molecular flexibility index (Phi) is 5.23. The number of benzene rings is 1. The van der Waals surface area contributed by atoms with Crippen LogP contribution in [0.4, 0.5) is 21.8 Å². The molecule has 3 aliphatic rings. The van der Waals surface area contributed by atoms with Crippen LogP contribution < -0.4 is 21.1 Å². The summed E-state index contributed by atoms with van der Waals surface area (Å²) in [5.74, 6) is 0.652. The molecule has 3 heterocycles. The van der Waals surface area contributed by atoms with Crippen molar-refractivity contribution in [2.45, 2.75) is 44.8 Å². The van der Waals surface area contributed by atoms with E-state index in [1.165, 1.54) is 6.20 Å². The van der Waals surface area contributed by atoms with Crippen LogP contribution in [0.15, 0.2) is 24.4 Å². The van der Waals surface area contributed by atoms with Gasteiger partial charge in [-0.2, -0.15) is 4.98 Å². The monoisotopic (exact) mass is 425 g/mol. The van der Waals surface area contributed by atoms with Crippen molar-refractivity contribution < 1.29 is 9.18 Å². The highest BCUT2D eigenvalue weighted by Crippen LogP contribution is 2.34. The Morgan fingerprint density at radius 1 is 1.35 bits per heavy atom. The molecule has 31 heavy (non-hydrogen) atoms. The average Bonchev–Trinajstić information content (AvgIpc) is 3.36. The number of hydrogen-bond acceptors (Lipinski definition) is 7. The van der Waals surface area contributed by atoms with Gasteiger partial charge in [0.2, 0.25) is 5.95 Å². The first-order valence-corrected chi connectivity index (χ1v) is 11.0. The predicted octanol–water partition coefficient (Wildman–Crippen LogP) is 2.42. The number of halogens is 1. The van der Waals surface area contributed by atoms with Gasteiger partial charge in [-0.05, 0) is 43.9 Å². The maximum Gasteiger partial charge on any atom is 0.254 e. The second kappa shape index (κ2) is 8.05. The molecule has 1 saturated heterocycles. The number of hydrogen-bond donors (Lipinski definition) is 3. The van der Waals surface area contributed by atoms with Gasteiger partial charge in [0.25, 0.3) is 5.91 Å². The third kappa shape index (κ3) is 3.61. The number of carbonyl (C=O) groups excluding carboxylic acids is 1. The molecule has 3 unspecified atom stereocenters. The Balaban J connectivity index is 1.41. The van der Waals surface area contributed by atoms with Crippen LogP contribution in [0.25, 0.3) is 0 Å². The summed E-state index contributed by atoms with van der Waals surface area (Å²) in [7, 11) is 1.79. The van der Waals surface area contributed by atoms with Gasteiger partial charge in [0.1, 0.15) is 0 Å². The van der Waals surface area contributed by atoms with Gasteiger partial charge in [0.15, 0.2) is 11.6 Å². The second-order valence-electron chi connectivity index (χ2n) is 8.60. The molecule has 5 rings (SSSR count). The van der Waals surface area contributed by atoms with Crippen LogP contribution in [-0.4, -0.2) is 53.0 Å². The van der Waals surface area contributed by atoms with Crippen LogP contribution in [0.5, 0.6) is 0 Å². The van der Waals surface area contributed by atoms with Crippen molar-refractivity contribution in [2.75, 3.05) is 30.4 Å². The van der Waals surface area contributed by atoms with Gasteiger partial charge in [-0.15, -0.1) is 0 Å². The van der Waals surface area contributed by atoms with Crippen molar-refractivity contribution in [1.82, 2.24) is 25.7 Å². The van der Waals surface area contributed by atoms with Crippen LogP contribution >= 0.6 is 0 Å². The molecular weight excluding hydrogens is 397 g/mol. The van der Waals surface area contributed by atoms with E-state index in [9.17, 15) is 9.18 Å². The minimum Gasteiger partial charge on any atom is -0.351 e. The summed E-state index contributed by atoms with van der Waals surface area (Å²) in [5, 5.41) is 3.15. The lowest BCUT2D eigenvalue weighted by Gasteiger charge is -2.40. The molecule has 1 aromatic heterocycles. The molecule has 1 aliphatic carbocycles. The average molecular weight is 426 g/mol. The molecule has 1 aromatic carbocycles. The molecule has 9 heteroatoms. The van der Waals surface area contributed by atoms with Gasteiger partial charge in [0, 0.05) is 55.9 Å². The number of fused-ring (bicyclic) bond motifs is 2. The van der Waals surface area contributed by atoms with Crippen molar-refractivity contribution >= 4 is 23.4 Å². The Morgan fingerprint density at radius 3 is 3.06 bits per heavy atom. The Morgan fingerprint density at radius 2 is 2.23 bits per heavy atom. The van der Waals surface area contributed by atoms with E-state index in [-0.39, 0.29) is 11.9 Å². The lowest BCUT2D eigenvalue weighted by atomic mass is 9.81. The fourth-order valence-corrected chi connectivity index (χ4v) is 5.21. The van der Waals surface area contributed by atoms with E-state index >= 15 is 0 Å². The smallest absolute Gasteiger partial charge is 0.254 e. The standard InChI is InChI=1S/C22H28FN7O/c1-3-30(19-6-4-5-18-16(19)10-25-28-18)20-17(23)11-24-22(27-20)26-14-8-7-13-12-29(2)21(31)15(13)9-14/h7-9,11,16,18-19,25,28H,3-6,10,12H2,1-2H3,(H,24,26,27). The lowest BCUT2D eigenvalue weighted by molar-refractivity contribution is 0.0816. The highest BCUT2D eigenvalue weighted by molar-refractivity contribution is 5.99. The van der Waals surface area contributed by atoms with Crippen molar-refractivity contribution in [3.05, 3.63) is 41.3 Å². The van der Waals surface area contributed by atoms with Gasteiger partial charge in [-0.1, -0.05) is 6.07 Å². The molecule has 164 valence electrons. The molecule has 0 bridgehead atoms. The number of hydrazine groups is 1. The molecule has 2 fully saturated rings. The van der Waals surface area contributed by atoms with Crippen LogP contribution in [0.2, 0.25) is 0 Å². The van der Waals surface area contributed by atoms with E-state index in [4.69, 9.17) is 0 Å². The molecule has 3 N–H and O–H groups in total. The second-order valence-corrected chi connectivity index (χ2v) is 8.60. The molecule has 1 amide bonds. The molecule has 3 atom stereocenters. The summed E-state index contributed by atoms with van der Waals surface area (Å²) in [5.41, 5.74) is 9.02. The van der Waals surface area contributed by atoms with E-state index < -0.39 is 5.82 Å². The fourth-order valence-electron chi connectivity index (χ4n) is 5.21. The van der Waals surface area contributed by atoms with Crippen LogP contribution in [0.1, 0.15) is 42.1 Å². The molecule has 0 spiro atoms. The van der Waals surface area contributed by atoms with Gasteiger partial charge in [-0.3, -0.25) is 15.6 Å². The number of amides is 1. The summed E-state index contributed by atoms with van der Waals surface area (Å²) in [6, 6.07) is 6.28. The SMILES string of the molecule is CCN(c1nc(Nc2ccc3c(c2)C(=O)N(C)C3)ncc1F)C1CCCC2NNCC21. The molecule has 0 radical (unpaired) electrons. The molecule has 2 aromatic rings. The zero-order valence-electron chi connectivity index (χ0n) is 17.9. The number of anilines is 3. The van der Waals surface area contributed by atoms with Gasteiger partial charge in [0.05, 0.1) is 6.20 Å². The molecule has 8 nitrogen and oxygen atoms in total. The Hall–Kier alpha value is -2.78. The Labute approximate surface area is 181 Å². The quantitative estimate of drug-likeness (QED) is 0.678. The summed E-state index contributed by atoms with van der Waals surface area (Å²) in [6.07, 6.45) is 4.49. The normalized spacial score (nSPS) is 24.8. The van der Waals surface area contributed by atoms with Crippen molar-refractivity contribution in [2.24, 2.45) is 5.92 Å². The highest BCUT2D eigenvalue weighted by atomic mass is 19.1. The topological polar surface area (TPSA) is 85.4 Å².